The molecule has 2 aromatic carbocycles. The first-order valence-corrected chi connectivity index (χ1v) is 8.29. The maximum atomic E-state index is 10.2. The summed E-state index contributed by atoms with van der Waals surface area (Å²) in [7, 11) is 0. The largest absolute Gasteiger partial charge is 0.508 e. The molecule has 1 unspecified atom stereocenters. The molecule has 118 valence electrons. The summed E-state index contributed by atoms with van der Waals surface area (Å²) < 4.78 is 2.22. The van der Waals surface area contributed by atoms with Crippen molar-refractivity contribution in [3.63, 3.8) is 0 Å². The van der Waals surface area contributed by atoms with Gasteiger partial charge in [0.25, 0.3) is 0 Å². The SMILES string of the molecule is CCn1ccc2c(O)ccc(C3CCc4cc(O)ccc4C3)c21. The van der Waals surface area contributed by atoms with Gasteiger partial charge >= 0.3 is 0 Å². The molecular formula is C20H21NO2. The van der Waals surface area contributed by atoms with Gasteiger partial charge in [-0.25, -0.2) is 0 Å². The fraction of sp³-hybridized carbons (Fsp3) is 0.300. The minimum Gasteiger partial charge on any atom is -0.508 e. The summed E-state index contributed by atoms with van der Waals surface area (Å²) >= 11 is 0. The van der Waals surface area contributed by atoms with Gasteiger partial charge in [0.15, 0.2) is 0 Å². The number of hydrogen-bond donors (Lipinski definition) is 2. The van der Waals surface area contributed by atoms with Crippen LogP contribution in [0.5, 0.6) is 11.5 Å². The van der Waals surface area contributed by atoms with Crippen molar-refractivity contribution in [1.82, 2.24) is 4.57 Å². The smallest absolute Gasteiger partial charge is 0.124 e. The molecule has 1 atom stereocenters. The number of phenols is 2. The van der Waals surface area contributed by atoms with E-state index in [1.807, 2.05) is 24.3 Å². The number of benzene rings is 2. The molecule has 3 nitrogen and oxygen atoms in total. The van der Waals surface area contributed by atoms with Crippen LogP contribution in [0.25, 0.3) is 10.9 Å². The summed E-state index contributed by atoms with van der Waals surface area (Å²) in [5.41, 5.74) is 5.08. The molecule has 0 amide bonds. The number of aryl methyl sites for hydroxylation is 2. The van der Waals surface area contributed by atoms with Crippen LogP contribution in [0.15, 0.2) is 42.6 Å². The van der Waals surface area contributed by atoms with Crippen LogP contribution in [0.4, 0.5) is 0 Å². The molecule has 0 radical (unpaired) electrons. The van der Waals surface area contributed by atoms with Gasteiger partial charge in [-0.3, -0.25) is 0 Å². The van der Waals surface area contributed by atoms with E-state index in [0.29, 0.717) is 17.4 Å². The number of fused-ring (bicyclic) bond motifs is 2. The fourth-order valence-corrected chi connectivity index (χ4v) is 3.94. The zero-order valence-corrected chi connectivity index (χ0v) is 13.3. The van der Waals surface area contributed by atoms with Crippen molar-refractivity contribution in [3.8, 4) is 11.5 Å². The van der Waals surface area contributed by atoms with Crippen LogP contribution in [-0.2, 0) is 19.4 Å². The number of phenolic OH excluding ortho intramolecular Hbond substituents is 2. The third-order valence-corrected chi connectivity index (χ3v) is 5.13. The van der Waals surface area contributed by atoms with E-state index in [1.165, 1.54) is 22.2 Å². The van der Waals surface area contributed by atoms with Crippen molar-refractivity contribution < 1.29 is 10.2 Å². The van der Waals surface area contributed by atoms with Crippen molar-refractivity contribution in [1.29, 1.82) is 0 Å². The molecule has 3 heteroatoms. The van der Waals surface area contributed by atoms with Gasteiger partial charge in [-0.15, -0.1) is 0 Å². The third kappa shape index (κ3) is 2.27. The van der Waals surface area contributed by atoms with Crippen LogP contribution in [0.1, 0.15) is 36.0 Å². The summed E-state index contributed by atoms with van der Waals surface area (Å²) in [6.45, 7) is 3.03. The number of aromatic nitrogens is 1. The monoisotopic (exact) mass is 307 g/mol. The lowest BCUT2D eigenvalue weighted by molar-refractivity contribution is 0.472. The second-order valence-corrected chi connectivity index (χ2v) is 6.43. The van der Waals surface area contributed by atoms with Crippen molar-refractivity contribution in [3.05, 3.63) is 59.3 Å². The first kappa shape index (κ1) is 14.2. The molecule has 1 aliphatic rings. The highest BCUT2D eigenvalue weighted by Crippen LogP contribution is 2.39. The van der Waals surface area contributed by atoms with Gasteiger partial charge < -0.3 is 14.8 Å². The molecule has 1 heterocycles. The lowest BCUT2D eigenvalue weighted by atomic mass is 9.79. The van der Waals surface area contributed by atoms with E-state index >= 15 is 0 Å². The standard InChI is InChI=1S/C20H21NO2/c1-2-21-10-9-18-19(23)8-7-17(20(18)21)15-4-3-14-12-16(22)6-5-13(14)11-15/h5-10,12,15,22-23H,2-4,11H2,1H3. The second kappa shape index (κ2) is 5.34. The molecule has 3 aromatic rings. The Morgan fingerprint density at radius 2 is 1.96 bits per heavy atom. The van der Waals surface area contributed by atoms with Gasteiger partial charge in [0, 0.05) is 18.1 Å². The summed E-state index contributed by atoms with van der Waals surface area (Å²) in [5, 5.41) is 20.7. The lowest BCUT2D eigenvalue weighted by Gasteiger charge is -2.26. The molecule has 0 spiro atoms. The molecule has 23 heavy (non-hydrogen) atoms. The summed E-state index contributed by atoms with van der Waals surface area (Å²) in [4.78, 5) is 0. The van der Waals surface area contributed by atoms with Crippen LogP contribution in [0, 0.1) is 0 Å². The number of nitrogens with zero attached hydrogens (tertiary/aromatic N) is 1. The number of aromatic hydroxyl groups is 2. The van der Waals surface area contributed by atoms with E-state index in [0.717, 1.165) is 31.2 Å². The van der Waals surface area contributed by atoms with Crippen LogP contribution < -0.4 is 0 Å². The first-order chi connectivity index (χ1) is 11.2. The van der Waals surface area contributed by atoms with Gasteiger partial charge in [-0.05, 0) is 73.1 Å². The first-order valence-electron chi connectivity index (χ1n) is 8.29. The number of hydrogen-bond acceptors (Lipinski definition) is 2. The zero-order valence-electron chi connectivity index (χ0n) is 13.3. The molecule has 0 aliphatic heterocycles. The van der Waals surface area contributed by atoms with E-state index in [-0.39, 0.29) is 0 Å². The van der Waals surface area contributed by atoms with Crippen LogP contribution in [0.2, 0.25) is 0 Å². The van der Waals surface area contributed by atoms with Crippen molar-refractivity contribution in [2.45, 2.75) is 38.6 Å². The molecule has 0 bridgehead atoms. The van der Waals surface area contributed by atoms with Crippen LogP contribution >= 0.6 is 0 Å². The second-order valence-electron chi connectivity index (χ2n) is 6.43. The van der Waals surface area contributed by atoms with Gasteiger partial charge in [-0.2, -0.15) is 0 Å². The lowest BCUT2D eigenvalue weighted by Crippen LogP contribution is -2.13. The number of rotatable bonds is 2. The van der Waals surface area contributed by atoms with Gasteiger partial charge in [0.2, 0.25) is 0 Å². The van der Waals surface area contributed by atoms with Crippen molar-refractivity contribution in [2.75, 3.05) is 0 Å². The Balaban J connectivity index is 1.80. The minimum atomic E-state index is 0.356. The highest BCUT2D eigenvalue weighted by Gasteiger charge is 2.23. The van der Waals surface area contributed by atoms with Crippen LogP contribution in [-0.4, -0.2) is 14.8 Å². The molecule has 1 aliphatic carbocycles. The van der Waals surface area contributed by atoms with E-state index in [4.69, 9.17) is 0 Å². The van der Waals surface area contributed by atoms with Gasteiger partial charge in [0.05, 0.1) is 5.52 Å². The van der Waals surface area contributed by atoms with E-state index in [2.05, 4.69) is 23.8 Å². The zero-order chi connectivity index (χ0) is 16.0. The molecule has 0 saturated carbocycles. The Hall–Kier alpha value is -2.42. The topological polar surface area (TPSA) is 45.4 Å². The highest BCUT2D eigenvalue weighted by atomic mass is 16.3. The fourth-order valence-electron chi connectivity index (χ4n) is 3.94. The Bertz CT molecular complexity index is 879. The Morgan fingerprint density at radius 1 is 1.09 bits per heavy atom. The summed E-state index contributed by atoms with van der Waals surface area (Å²) in [5.74, 6) is 1.17. The maximum absolute atomic E-state index is 10.2. The van der Waals surface area contributed by atoms with Gasteiger partial charge in [0.1, 0.15) is 11.5 Å². The van der Waals surface area contributed by atoms with Gasteiger partial charge in [-0.1, -0.05) is 12.1 Å². The van der Waals surface area contributed by atoms with Crippen molar-refractivity contribution in [2.24, 2.45) is 0 Å². The summed E-state index contributed by atoms with van der Waals surface area (Å²) in [6, 6.07) is 11.6. The molecule has 2 N–H and O–H groups in total. The Labute approximate surface area is 135 Å². The van der Waals surface area contributed by atoms with E-state index in [9.17, 15) is 10.2 Å². The normalized spacial score (nSPS) is 17.3. The average molecular weight is 307 g/mol. The maximum Gasteiger partial charge on any atom is 0.124 e. The van der Waals surface area contributed by atoms with Crippen molar-refractivity contribution >= 4 is 10.9 Å². The molecule has 0 fully saturated rings. The third-order valence-electron chi connectivity index (χ3n) is 5.13. The molecule has 4 rings (SSSR count). The Morgan fingerprint density at radius 3 is 2.78 bits per heavy atom. The Kier molecular flexibility index (Phi) is 3.29. The molecule has 0 saturated heterocycles. The highest BCUT2D eigenvalue weighted by molar-refractivity contribution is 5.89. The quantitative estimate of drug-likeness (QED) is 0.739. The average Bonchev–Trinajstić information content (AvgIpc) is 3.00. The minimum absolute atomic E-state index is 0.356. The van der Waals surface area contributed by atoms with Crippen LogP contribution in [0.3, 0.4) is 0 Å². The predicted molar refractivity (Wildman–Crippen MR) is 92.1 cm³/mol. The molecule has 1 aromatic heterocycles. The summed E-state index contributed by atoms with van der Waals surface area (Å²) in [6.07, 6.45) is 5.11. The predicted octanol–water partition coefficient (Wildman–Crippen LogP) is 4.34. The van der Waals surface area contributed by atoms with E-state index in [1.54, 1.807) is 6.07 Å². The molecular weight excluding hydrogens is 286 g/mol. The van der Waals surface area contributed by atoms with E-state index < -0.39 is 0 Å².